The highest BCUT2D eigenvalue weighted by molar-refractivity contribution is 8.26. The van der Waals surface area contributed by atoms with Gasteiger partial charge in [0.05, 0.1) is 10.6 Å². The molecule has 0 radical (unpaired) electrons. The Bertz CT molecular complexity index is 1010. The molecule has 2 aromatic heterocycles. The largest absolute Gasteiger partial charge is 0.378 e. The summed E-state index contributed by atoms with van der Waals surface area (Å²) in [6.45, 7) is 0. The number of amides is 1. The zero-order chi connectivity index (χ0) is 19.4. The average molecular weight is 418 g/mol. The molecule has 3 rings (SSSR count). The molecular formula is C18H13Cl2N5OS. The van der Waals surface area contributed by atoms with E-state index < -0.39 is 5.91 Å². The van der Waals surface area contributed by atoms with Crippen molar-refractivity contribution < 1.29 is 4.79 Å². The fourth-order valence-electron chi connectivity index (χ4n) is 2.12. The molecule has 1 saturated carbocycles. The van der Waals surface area contributed by atoms with Crippen LogP contribution in [0.25, 0.3) is 11.1 Å². The molecule has 0 spiro atoms. The predicted octanol–water partition coefficient (Wildman–Crippen LogP) is 4.03. The SMILES string of the molecule is N=C(C#CC1CC1)SC(N)=NC(=O)c1ccncc1-c1cc(Cl)ncc1Cl. The van der Waals surface area contributed by atoms with Crippen LogP contribution in [0.4, 0.5) is 0 Å². The Morgan fingerprint density at radius 2 is 2.11 bits per heavy atom. The first-order chi connectivity index (χ1) is 12.9. The van der Waals surface area contributed by atoms with Crippen molar-refractivity contribution in [2.75, 3.05) is 0 Å². The molecule has 1 fully saturated rings. The maximum absolute atomic E-state index is 12.6. The maximum atomic E-state index is 12.6. The number of carbonyl (C=O) groups is 1. The van der Waals surface area contributed by atoms with E-state index >= 15 is 0 Å². The van der Waals surface area contributed by atoms with Crippen LogP contribution in [-0.2, 0) is 0 Å². The van der Waals surface area contributed by atoms with E-state index in [4.69, 9.17) is 34.3 Å². The van der Waals surface area contributed by atoms with Gasteiger partial charge in [0.15, 0.2) is 5.17 Å². The van der Waals surface area contributed by atoms with Crippen molar-refractivity contribution in [1.82, 2.24) is 9.97 Å². The van der Waals surface area contributed by atoms with E-state index in [1.165, 1.54) is 24.7 Å². The molecule has 1 amide bonds. The molecule has 2 aromatic rings. The van der Waals surface area contributed by atoms with E-state index in [0.29, 0.717) is 22.1 Å². The van der Waals surface area contributed by atoms with Crippen LogP contribution in [0.15, 0.2) is 35.7 Å². The summed E-state index contributed by atoms with van der Waals surface area (Å²) < 4.78 is 0. The number of nitrogens with zero attached hydrogens (tertiary/aromatic N) is 3. The number of nitrogens with two attached hydrogens (primary N) is 1. The Morgan fingerprint density at radius 1 is 1.33 bits per heavy atom. The molecule has 3 N–H and O–H groups in total. The summed E-state index contributed by atoms with van der Waals surface area (Å²) >= 11 is 13.0. The summed E-state index contributed by atoms with van der Waals surface area (Å²) in [5, 5.41) is 8.34. The Morgan fingerprint density at radius 3 is 2.85 bits per heavy atom. The first-order valence-corrected chi connectivity index (χ1v) is 9.43. The van der Waals surface area contributed by atoms with Crippen molar-refractivity contribution >= 4 is 51.1 Å². The van der Waals surface area contributed by atoms with Crippen LogP contribution in [0.2, 0.25) is 10.2 Å². The number of nitrogens with one attached hydrogen (secondary N) is 1. The number of thioether (sulfide) groups is 1. The van der Waals surface area contributed by atoms with Gasteiger partial charge in [-0.15, -0.1) is 0 Å². The lowest BCUT2D eigenvalue weighted by Gasteiger charge is -2.08. The van der Waals surface area contributed by atoms with Gasteiger partial charge in [0.25, 0.3) is 5.91 Å². The van der Waals surface area contributed by atoms with Crippen molar-refractivity contribution in [1.29, 1.82) is 5.41 Å². The van der Waals surface area contributed by atoms with Crippen LogP contribution >= 0.6 is 35.0 Å². The summed E-state index contributed by atoms with van der Waals surface area (Å²) in [6, 6.07) is 3.06. The fourth-order valence-corrected chi connectivity index (χ4v) is 2.93. The zero-order valence-electron chi connectivity index (χ0n) is 13.9. The molecule has 0 atom stereocenters. The van der Waals surface area contributed by atoms with Crippen LogP contribution in [0.3, 0.4) is 0 Å². The molecular weight excluding hydrogens is 405 g/mol. The molecule has 0 aromatic carbocycles. The van der Waals surface area contributed by atoms with Crippen LogP contribution in [-0.4, -0.2) is 26.1 Å². The summed E-state index contributed by atoms with van der Waals surface area (Å²) in [7, 11) is 0. The van der Waals surface area contributed by atoms with Crippen molar-refractivity contribution in [3.05, 3.63) is 46.5 Å². The van der Waals surface area contributed by atoms with E-state index in [9.17, 15) is 4.79 Å². The molecule has 0 aliphatic heterocycles. The van der Waals surface area contributed by atoms with Crippen molar-refractivity contribution in [3.63, 3.8) is 0 Å². The van der Waals surface area contributed by atoms with Crippen LogP contribution < -0.4 is 5.73 Å². The zero-order valence-corrected chi connectivity index (χ0v) is 16.2. The van der Waals surface area contributed by atoms with Gasteiger partial charge < -0.3 is 5.73 Å². The standard InChI is InChI=1S/C18H13Cl2N5OS/c19-14-9-24-15(20)7-12(14)13-8-23-6-5-11(13)17(26)25-18(22)27-16(21)4-3-10-1-2-10/h5-10,21H,1-2H2,(H2,22,25,26). The molecule has 2 heterocycles. The summed E-state index contributed by atoms with van der Waals surface area (Å²) in [5.74, 6) is 5.47. The number of rotatable bonds is 2. The van der Waals surface area contributed by atoms with Crippen molar-refractivity contribution in [2.45, 2.75) is 12.8 Å². The fraction of sp³-hybridized carbons (Fsp3) is 0.167. The quantitative estimate of drug-likeness (QED) is 0.332. The Kier molecular flexibility index (Phi) is 6.11. The summed E-state index contributed by atoms with van der Waals surface area (Å²) in [6.07, 6.45) is 6.49. The van der Waals surface area contributed by atoms with E-state index in [2.05, 4.69) is 26.8 Å². The second kappa shape index (κ2) is 8.53. The van der Waals surface area contributed by atoms with Gasteiger partial charge in [-0.3, -0.25) is 15.2 Å². The molecule has 0 saturated heterocycles. The molecule has 1 aliphatic rings. The number of hydrogen-bond acceptors (Lipinski definition) is 5. The van der Waals surface area contributed by atoms with Crippen LogP contribution in [0.1, 0.15) is 23.2 Å². The number of halogens is 2. The number of hydrogen-bond donors (Lipinski definition) is 2. The van der Waals surface area contributed by atoms with Gasteiger partial charge in [0.1, 0.15) is 10.2 Å². The van der Waals surface area contributed by atoms with Gasteiger partial charge in [-0.25, -0.2) is 4.98 Å². The molecule has 6 nitrogen and oxygen atoms in total. The average Bonchev–Trinajstić information content (AvgIpc) is 3.46. The third-order valence-corrected chi connectivity index (χ3v) is 4.66. The minimum Gasteiger partial charge on any atom is -0.378 e. The smallest absolute Gasteiger partial charge is 0.280 e. The van der Waals surface area contributed by atoms with Crippen LogP contribution in [0.5, 0.6) is 0 Å². The third-order valence-electron chi connectivity index (χ3n) is 3.55. The second-order valence-electron chi connectivity index (χ2n) is 5.64. The van der Waals surface area contributed by atoms with Gasteiger partial charge >= 0.3 is 0 Å². The molecule has 0 unspecified atom stereocenters. The molecule has 0 bridgehead atoms. The Balaban J connectivity index is 1.84. The van der Waals surface area contributed by atoms with Crippen molar-refractivity contribution in [2.24, 2.45) is 16.6 Å². The second-order valence-corrected chi connectivity index (χ2v) is 7.46. The van der Waals surface area contributed by atoms with E-state index in [1.54, 1.807) is 6.07 Å². The number of carbonyl (C=O) groups excluding carboxylic acids is 1. The molecule has 27 heavy (non-hydrogen) atoms. The molecule has 9 heteroatoms. The Hall–Kier alpha value is -2.40. The van der Waals surface area contributed by atoms with Gasteiger partial charge in [0.2, 0.25) is 0 Å². The number of aromatic nitrogens is 2. The molecule has 1 aliphatic carbocycles. The molecule has 136 valence electrons. The van der Waals surface area contributed by atoms with Gasteiger partial charge in [0, 0.05) is 35.6 Å². The minimum atomic E-state index is -0.579. The predicted molar refractivity (Wildman–Crippen MR) is 109 cm³/mol. The van der Waals surface area contributed by atoms with Crippen LogP contribution in [0, 0.1) is 23.2 Å². The first-order valence-electron chi connectivity index (χ1n) is 7.86. The lowest BCUT2D eigenvalue weighted by atomic mass is 10.0. The maximum Gasteiger partial charge on any atom is 0.280 e. The van der Waals surface area contributed by atoms with Gasteiger partial charge in [-0.1, -0.05) is 29.1 Å². The van der Waals surface area contributed by atoms with E-state index in [-0.39, 0.29) is 20.9 Å². The first kappa shape index (κ1) is 19.4. The monoisotopic (exact) mass is 417 g/mol. The van der Waals surface area contributed by atoms with Crippen molar-refractivity contribution in [3.8, 4) is 23.0 Å². The lowest BCUT2D eigenvalue weighted by Crippen LogP contribution is -2.13. The summed E-state index contributed by atoms with van der Waals surface area (Å²) in [4.78, 5) is 24.4. The highest BCUT2D eigenvalue weighted by atomic mass is 35.5. The number of amidine groups is 1. The number of aliphatic imine (C=N–C) groups is 1. The normalized spacial score (nSPS) is 13.6. The third kappa shape index (κ3) is 5.30. The Labute approximate surface area is 170 Å². The minimum absolute atomic E-state index is 0.0508. The highest BCUT2D eigenvalue weighted by Gasteiger charge is 2.18. The lowest BCUT2D eigenvalue weighted by molar-refractivity contribution is 0.100. The summed E-state index contributed by atoms with van der Waals surface area (Å²) in [5.41, 5.74) is 7.02. The topological polar surface area (TPSA) is 105 Å². The van der Waals surface area contributed by atoms with Gasteiger partial charge in [-0.05, 0) is 42.7 Å². The van der Waals surface area contributed by atoms with Gasteiger partial charge in [-0.2, -0.15) is 4.99 Å². The highest BCUT2D eigenvalue weighted by Crippen LogP contribution is 2.31. The van der Waals surface area contributed by atoms with E-state index in [1.807, 2.05) is 0 Å². The van der Waals surface area contributed by atoms with E-state index in [0.717, 1.165) is 24.6 Å². The number of pyridine rings is 2.